The summed E-state index contributed by atoms with van der Waals surface area (Å²) in [7, 11) is -3.96. The lowest BCUT2D eigenvalue weighted by atomic mass is 9.96. The zero-order chi connectivity index (χ0) is 23.0. The molecule has 0 saturated carbocycles. The molecule has 3 rings (SSSR count). The first-order valence-electron chi connectivity index (χ1n) is 9.87. The van der Waals surface area contributed by atoms with Crippen molar-refractivity contribution in [2.24, 2.45) is 5.41 Å². The van der Waals surface area contributed by atoms with Crippen LogP contribution in [-0.2, 0) is 14.8 Å². The van der Waals surface area contributed by atoms with Gasteiger partial charge < -0.3 is 10.2 Å². The monoisotopic (exact) mass is 467 g/mol. The lowest BCUT2D eigenvalue weighted by molar-refractivity contribution is -0.123. The molecule has 1 aromatic carbocycles. The maximum atomic E-state index is 14.0. The Labute approximate surface area is 185 Å². The number of hydrogen-bond donors (Lipinski definition) is 1. The summed E-state index contributed by atoms with van der Waals surface area (Å²) in [5.41, 5.74) is 0.197. The van der Waals surface area contributed by atoms with Crippen molar-refractivity contribution in [3.05, 3.63) is 46.6 Å². The van der Waals surface area contributed by atoms with E-state index in [0.717, 1.165) is 11.6 Å². The second-order valence-electron chi connectivity index (χ2n) is 8.45. The molecule has 2 heterocycles. The van der Waals surface area contributed by atoms with E-state index in [-0.39, 0.29) is 42.9 Å². The third-order valence-corrected chi connectivity index (χ3v) is 8.08. The summed E-state index contributed by atoms with van der Waals surface area (Å²) in [6, 6.07) is 7.03. The Morgan fingerprint density at radius 2 is 1.71 bits per heavy atom. The number of halogens is 1. The van der Waals surface area contributed by atoms with Crippen molar-refractivity contribution >= 4 is 38.2 Å². The van der Waals surface area contributed by atoms with Crippen molar-refractivity contribution in [1.82, 2.24) is 9.21 Å². The minimum absolute atomic E-state index is 0.0838. The molecule has 2 amide bonds. The number of rotatable bonds is 4. The van der Waals surface area contributed by atoms with Gasteiger partial charge in [0.25, 0.3) is 5.91 Å². The number of anilines is 1. The predicted octanol–water partition coefficient (Wildman–Crippen LogP) is 3.33. The van der Waals surface area contributed by atoms with Crippen LogP contribution in [0.1, 0.15) is 36.0 Å². The fourth-order valence-electron chi connectivity index (χ4n) is 3.12. The number of amides is 2. The molecule has 0 spiro atoms. The van der Waals surface area contributed by atoms with E-state index in [1.165, 1.54) is 33.8 Å². The third kappa shape index (κ3) is 4.97. The Hall–Kier alpha value is -2.30. The van der Waals surface area contributed by atoms with Gasteiger partial charge in [-0.05, 0) is 30.7 Å². The number of hydrogen-bond acceptors (Lipinski definition) is 5. The first kappa shape index (κ1) is 23.4. The molecule has 0 atom stereocenters. The van der Waals surface area contributed by atoms with Gasteiger partial charge in [0.15, 0.2) is 0 Å². The summed E-state index contributed by atoms with van der Waals surface area (Å²) >= 11 is 1.21. The van der Waals surface area contributed by atoms with Crippen molar-refractivity contribution in [3.8, 4) is 0 Å². The van der Waals surface area contributed by atoms with E-state index in [9.17, 15) is 22.4 Å². The molecule has 0 bridgehead atoms. The first-order chi connectivity index (χ1) is 14.4. The highest BCUT2D eigenvalue weighted by molar-refractivity contribution is 7.89. The van der Waals surface area contributed by atoms with E-state index in [1.54, 1.807) is 17.9 Å². The zero-order valence-corrected chi connectivity index (χ0v) is 19.6. The van der Waals surface area contributed by atoms with Crippen molar-refractivity contribution in [3.63, 3.8) is 0 Å². The maximum Gasteiger partial charge on any atom is 0.264 e. The van der Waals surface area contributed by atoms with Crippen LogP contribution < -0.4 is 5.32 Å². The Bertz CT molecular complexity index is 1100. The van der Waals surface area contributed by atoms with Crippen LogP contribution in [0.5, 0.6) is 0 Å². The zero-order valence-electron chi connectivity index (χ0n) is 17.9. The van der Waals surface area contributed by atoms with Crippen LogP contribution >= 0.6 is 11.3 Å². The Morgan fingerprint density at radius 1 is 1.10 bits per heavy atom. The predicted molar refractivity (Wildman–Crippen MR) is 118 cm³/mol. The Kier molecular flexibility index (Phi) is 6.54. The second-order valence-corrected chi connectivity index (χ2v) is 11.4. The van der Waals surface area contributed by atoms with Crippen LogP contribution in [0.3, 0.4) is 0 Å². The molecule has 0 aliphatic carbocycles. The van der Waals surface area contributed by atoms with Gasteiger partial charge in [-0.25, -0.2) is 12.8 Å². The summed E-state index contributed by atoms with van der Waals surface area (Å²) in [5.74, 6) is -1.14. The minimum atomic E-state index is -3.96. The van der Waals surface area contributed by atoms with Crippen molar-refractivity contribution in [1.29, 1.82) is 0 Å². The number of carbonyl (C=O) groups is 2. The largest absolute Gasteiger partial charge is 0.335 e. The van der Waals surface area contributed by atoms with Gasteiger partial charge in [0, 0.05) is 31.6 Å². The average Bonchev–Trinajstić information content (AvgIpc) is 3.07. The Balaban J connectivity index is 1.68. The van der Waals surface area contributed by atoms with E-state index in [0.29, 0.717) is 9.88 Å². The van der Waals surface area contributed by atoms with E-state index in [1.807, 2.05) is 20.8 Å². The molecule has 31 heavy (non-hydrogen) atoms. The fraction of sp³-hybridized carbons (Fsp3) is 0.429. The topological polar surface area (TPSA) is 86.8 Å². The highest BCUT2D eigenvalue weighted by atomic mass is 32.2. The third-order valence-electron chi connectivity index (χ3n) is 5.01. The molecule has 1 aliphatic heterocycles. The van der Waals surface area contributed by atoms with E-state index in [4.69, 9.17) is 0 Å². The van der Waals surface area contributed by atoms with Crippen molar-refractivity contribution in [2.75, 3.05) is 31.5 Å². The molecule has 1 aliphatic rings. The van der Waals surface area contributed by atoms with E-state index < -0.39 is 21.3 Å². The van der Waals surface area contributed by atoms with Crippen LogP contribution in [0.2, 0.25) is 0 Å². The molecule has 7 nitrogen and oxygen atoms in total. The normalized spacial score (nSPS) is 15.7. The molecular formula is C21H26FN3O4S2. The molecule has 1 aromatic heterocycles. The van der Waals surface area contributed by atoms with Crippen LogP contribution in [-0.4, -0.2) is 55.6 Å². The number of piperazine rings is 1. The molecule has 10 heteroatoms. The van der Waals surface area contributed by atoms with E-state index >= 15 is 0 Å². The lowest BCUT2D eigenvalue weighted by Crippen LogP contribution is -2.50. The fourth-order valence-corrected chi connectivity index (χ4v) is 5.65. The quantitative estimate of drug-likeness (QED) is 0.747. The number of nitrogens with one attached hydrogen (secondary N) is 1. The summed E-state index contributed by atoms with van der Waals surface area (Å²) in [4.78, 5) is 26.9. The summed E-state index contributed by atoms with van der Waals surface area (Å²) in [5, 5.41) is 3.44. The molecule has 1 fully saturated rings. The highest BCUT2D eigenvalue weighted by Gasteiger charge is 2.33. The smallest absolute Gasteiger partial charge is 0.264 e. The van der Waals surface area contributed by atoms with Gasteiger partial charge in [0.1, 0.15) is 10.7 Å². The summed E-state index contributed by atoms with van der Waals surface area (Å²) in [6.45, 7) is 7.80. The van der Waals surface area contributed by atoms with Gasteiger partial charge in [-0.2, -0.15) is 4.31 Å². The van der Waals surface area contributed by atoms with Crippen molar-refractivity contribution < 1.29 is 22.4 Å². The molecule has 0 unspecified atom stereocenters. The van der Waals surface area contributed by atoms with Crippen molar-refractivity contribution in [2.45, 2.75) is 32.6 Å². The van der Waals surface area contributed by atoms with Crippen LogP contribution in [0.25, 0.3) is 0 Å². The maximum absolute atomic E-state index is 14.0. The molecular weight excluding hydrogens is 441 g/mol. The van der Waals surface area contributed by atoms with Gasteiger partial charge >= 0.3 is 0 Å². The average molecular weight is 468 g/mol. The highest BCUT2D eigenvalue weighted by Crippen LogP contribution is 2.30. The SMILES string of the molecule is Cc1cc(NC(=O)C(C)(C)C)sc1C(=O)N1CCN(S(=O)(=O)c2ccccc2F)CC1. The minimum Gasteiger partial charge on any atom is -0.335 e. The van der Waals surface area contributed by atoms with Gasteiger partial charge in [-0.15, -0.1) is 11.3 Å². The van der Waals surface area contributed by atoms with Gasteiger partial charge in [-0.3, -0.25) is 9.59 Å². The lowest BCUT2D eigenvalue weighted by Gasteiger charge is -2.34. The van der Waals surface area contributed by atoms with Gasteiger partial charge in [-0.1, -0.05) is 32.9 Å². The standard InChI is InChI=1S/C21H26FN3O4S2/c1-14-13-17(23-20(27)21(2,3)4)30-18(14)19(26)24-9-11-25(12-10-24)31(28,29)16-8-6-5-7-15(16)22/h5-8,13H,9-12H2,1-4H3,(H,23,27). The molecule has 1 saturated heterocycles. The number of benzene rings is 1. The van der Waals surface area contributed by atoms with Crippen LogP contribution in [0, 0.1) is 18.2 Å². The van der Waals surface area contributed by atoms with Crippen LogP contribution in [0.4, 0.5) is 9.39 Å². The number of nitrogens with zero attached hydrogens (tertiary/aromatic N) is 2. The van der Waals surface area contributed by atoms with E-state index in [2.05, 4.69) is 5.32 Å². The number of sulfonamides is 1. The molecule has 1 N–H and O–H groups in total. The second kappa shape index (κ2) is 8.68. The molecule has 2 aromatic rings. The number of carbonyl (C=O) groups excluding carboxylic acids is 2. The first-order valence-corrected chi connectivity index (χ1v) is 12.1. The van der Waals surface area contributed by atoms with Gasteiger partial charge in [0.05, 0.1) is 9.88 Å². The van der Waals surface area contributed by atoms with Crippen LogP contribution in [0.15, 0.2) is 35.2 Å². The number of thiophene rings is 1. The number of aryl methyl sites for hydroxylation is 1. The Morgan fingerprint density at radius 3 is 2.29 bits per heavy atom. The molecule has 0 radical (unpaired) electrons. The summed E-state index contributed by atoms with van der Waals surface area (Å²) < 4.78 is 40.7. The summed E-state index contributed by atoms with van der Waals surface area (Å²) in [6.07, 6.45) is 0. The molecule has 168 valence electrons. The van der Waals surface area contributed by atoms with Gasteiger partial charge in [0.2, 0.25) is 15.9 Å².